The molecule has 1 fully saturated rings. The fourth-order valence-electron chi connectivity index (χ4n) is 2.60. The number of carbonyl (C=O) groups excluding carboxylic acids is 1. The van der Waals surface area contributed by atoms with Gasteiger partial charge in [0, 0.05) is 38.3 Å². The highest BCUT2D eigenvalue weighted by molar-refractivity contribution is 5.94. The summed E-state index contributed by atoms with van der Waals surface area (Å²) in [5.41, 5.74) is 0.856. The number of aryl methyl sites for hydroxylation is 1. The number of anilines is 1. The van der Waals surface area contributed by atoms with Crippen LogP contribution in [0.2, 0.25) is 0 Å². The predicted octanol–water partition coefficient (Wildman–Crippen LogP) is 0.590. The maximum Gasteiger partial charge on any atom is 0.321 e. The van der Waals surface area contributed by atoms with Crippen molar-refractivity contribution in [2.45, 2.75) is 19.4 Å². The Balaban J connectivity index is 2.06. The number of amides is 1. The van der Waals surface area contributed by atoms with Gasteiger partial charge in [-0.25, -0.2) is 0 Å². The van der Waals surface area contributed by atoms with Gasteiger partial charge < -0.3 is 15.7 Å². The average molecular weight is 336 g/mol. The Morgan fingerprint density at radius 1 is 1.42 bits per heavy atom. The van der Waals surface area contributed by atoms with Crippen LogP contribution in [0.4, 0.5) is 11.4 Å². The molecule has 1 heterocycles. The number of benzene rings is 1. The van der Waals surface area contributed by atoms with Crippen LogP contribution in [-0.4, -0.2) is 59.0 Å². The summed E-state index contributed by atoms with van der Waals surface area (Å²) in [5, 5.41) is 25.9. The third-order valence-electron chi connectivity index (χ3n) is 3.96. The van der Waals surface area contributed by atoms with Gasteiger partial charge in [-0.1, -0.05) is 6.07 Å². The largest absolute Gasteiger partial charge is 0.480 e. The zero-order valence-electron chi connectivity index (χ0n) is 13.3. The van der Waals surface area contributed by atoms with Crippen LogP contribution in [0.15, 0.2) is 18.2 Å². The molecule has 0 unspecified atom stereocenters. The zero-order valence-corrected chi connectivity index (χ0v) is 13.3. The van der Waals surface area contributed by atoms with Gasteiger partial charge in [-0.05, 0) is 12.5 Å². The Morgan fingerprint density at radius 3 is 2.67 bits per heavy atom. The summed E-state index contributed by atoms with van der Waals surface area (Å²) in [6.07, 6.45) is -0.211. The SMILES string of the molecule is Cc1ccc([N+](=O)[O-])cc1NC(=O)C[C@@H](C(=O)O)N1CCNCC1. The van der Waals surface area contributed by atoms with Gasteiger partial charge in [-0.15, -0.1) is 0 Å². The predicted molar refractivity (Wildman–Crippen MR) is 86.9 cm³/mol. The molecular weight excluding hydrogens is 316 g/mol. The summed E-state index contributed by atoms with van der Waals surface area (Å²) in [6, 6.07) is 3.25. The van der Waals surface area contributed by atoms with Crippen LogP contribution in [-0.2, 0) is 9.59 Å². The van der Waals surface area contributed by atoms with E-state index in [1.165, 1.54) is 12.1 Å². The van der Waals surface area contributed by atoms with Crippen molar-refractivity contribution in [2.24, 2.45) is 0 Å². The Morgan fingerprint density at radius 2 is 2.08 bits per heavy atom. The molecule has 1 aliphatic heterocycles. The number of rotatable bonds is 6. The van der Waals surface area contributed by atoms with Crippen molar-refractivity contribution in [2.75, 3.05) is 31.5 Å². The second-order valence-electron chi connectivity index (χ2n) is 5.65. The lowest BCUT2D eigenvalue weighted by molar-refractivity contribution is -0.384. The molecule has 0 saturated carbocycles. The van der Waals surface area contributed by atoms with E-state index in [-0.39, 0.29) is 12.1 Å². The Bertz CT molecular complexity index is 643. The monoisotopic (exact) mass is 336 g/mol. The van der Waals surface area contributed by atoms with E-state index in [0.29, 0.717) is 37.4 Å². The van der Waals surface area contributed by atoms with Crippen molar-refractivity contribution < 1.29 is 19.6 Å². The molecule has 2 rings (SSSR count). The van der Waals surface area contributed by atoms with Gasteiger partial charge in [0.15, 0.2) is 0 Å². The summed E-state index contributed by atoms with van der Waals surface area (Å²) in [5.74, 6) is -1.53. The lowest BCUT2D eigenvalue weighted by Crippen LogP contribution is -2.52. The molecule has 9 nitrogen and oxygen atoms in total. The fraction of sp³-hybridized carbons (Fsp3) is 0.467. The molecule has 0 spiro atoms. The average Bonchev–Trinajstić information content (AvgIpc) is 2.55. The van der Waals surface area contributed by atoms with Crippen LogP contribution < -0.4 is 10.6 Å². The number of carboxylic acid groups (broad SMARTS) is 1. The van der Waals surface area contributed by atoms with Crippen LogP contribution >= 0.6 is 0 Å². The molecule has 1 aromatic carbocycles. The Hall–Kier alpha value is -2.52. The number of nitro benzene ring substituents is 1. The number of hydrogen-bond donors (Lipinski definition) is 3. The molecule has 1 aromatic rings. The van der Waals surface area contributed by atoms with Gasteiger partial charge in [0.2, 0.25) is 5.91 Å². The van der Waals surface area contributed by atoms with Crippen LogP contribution in [0.3, 0.4) is 0 Å². The lowest BCUT2D eigenvalue weighted by atomic mass is 10.1. The van der Waals surface area contributed by atoms with Gasteiger partial charge in [0.25, 0.3) is 5.69 Å². The van der Waals surface area contributed by atoms with Gasteiger partial charge >= 0.3 is 5.97 Å². The van der Waals surface area contributed by atoms with E-state index in [0.717, 1.165) is 0 Å². The number of nitro groups is 1. The molecule has 1 atom stereocenters. The van der Waals surface area contributed by atoms with Crippen LogP contribution in [0.25, 0.3) is 0 Å². The molecule has 3 N–H and O–H groups in total. The standard InChI is InChI=1S/C15H20N4O5/c1-10-2-3-11(19(23)24)8-12(10)17-14(20)9-13(15(21)22)18-6-4-16-5-7-18/h2-3,8,13,16H,4-7,9H2,1H3,(H,17,20)(H,21,22)/t13-/m0/s1. The highest BCUT2D eigenvalue weighted by Gasteiger charge is 2.29. The number of nitrogens with zero attached hydrogens (tertiary/aromatic N) is 2. The van der Waals surface area contributed by atoms with Gasteiger partial charge in [0.1, 0.15) is 6.04 Å². The van der Waals surface area contributed by atoms with Crippen molar-refractivity contribution in [3.05, 3.63) is 33.9 Å². The summed E-state index contributed by atoms with van der Waals surface area (Å²) in [4.78, 5) is 35.7. The van der Waals surface area contributed by atoms with Crippen molar-refractivity contribution in [3.63, 3.8) is 0 Å². The lowest BCUT2D eigenvalue weighted by Gasteiger charge is -2.32. The number of carboxylic acids is 1. The normalized spacial score (nSPS) is 16.4. The van der Waals surface area contributed by atoms with Crippen molar-refractivity contribution >= 4 is 23.3 Å². The molecule has 9 heteroatoms. The maximum absolute atomic E-state index is 12.2. The number of hydrogen-bond acceptors (Lipinski definition) is 6. The number of aliphatic carboxylic acids is 1. The van der Waals surface area contributed by atoms with E-state index >= 15 is 0 Å². The second kappa shape index (κ2) is 7.84. The zero-order chi connectivity index (χ0) is 17.7. The van der Waals surface area contributed by atoms with Crippen LogP contribution in [0.5, 0.6) is 0 Å². The van der Waals surface area contributed by atoms with Gasteiger partial charge in [-0.3, -0.25) is 24.6 Å². The van der Waals surface area contributed by atoms with Crippen LogP contribution in [0, 0.1) is 17.0 Å². The summed E-state index contributed by atoms with van der Waals surface area (Å²) < 4.78 is 0. The summed E-state index contributed by atoms with van der Waals surface area (Å²) in [7, 11) is 0. The smallest absolute Gasteiger partial charge is 0.321 e. The highest BCUT2D eigenvalue weighted by atomic mass is 16.6. The fourth-order valence-corrected chi connectivity index (χ4v) is 2.60. The van der Waals surface area contributed by atoms with Gasteiger partial charge in [0.05, 0.1) is 17.0 Å². The molecule has 0 bridgehead atoms. The topological polar surface area (TPSA) is 125 Å². The van der Waals surface area contributed by atoms with E-state index in [2.05, 4.69) is 10.6 Å². The van der Waals surface area contributed by atoms with Gasteiger partial charge in [-0.2, -0.15) is 0 Å². The van der Waals surface area contributed by atoms with E-state index in [9.17, 15) is 24.8 Å². The Labute approximate surface area is 138 Å². The summed E-state index contributed by atoms with van der Waals surface area (Å²) in [6.45, 7) is 4.18. The number of carbonyl (C=O) groups is 2. The second-order valence-corrected chi connectivity index (χ2v) is 5.65. The quantitative estimate of drug-likeness (QED) is 0.513. The molecule has 0 aromatic heterocycles. The van der Waals surface area contributed by atoms with Crippen LogP contribution in [0.1, 0.15) is 12.0 Å². The first-order valence-electron chi connectivity index (χ1n) is 7.61. The number of nitrogens with one attached hydrogen (secondary N) is 2. The van der Waals surface area contributed by atoms with E-state index < -0.39 is 22.8 Å². The molecule has 1 amide bonds. The minimum absolute atomic E-state index is 0.132. The molecule has 1 aliphatic rings. The maximum atomic E-state index is 12.2. The first-order valence-corrected chi connectivity index (χ1v) is 7.61. The molecule has 0 radical (unpaired) electrons. The molecule has 0 aliphatic carbocycles. The van der Waals surface area contributed by atoms with E-state index in [4.69, 9.17) is 0 Å². The number of piperazine rings is 1. The first kappa shape index (κ1) is 17.8. The molecule has 24 heavy (non-hydrogen) atoms. The third-order valence-corrected chi connectivity index (χ3v) is 3.96. The van der Waals surface area contributed by atoms with E-state index in [1.54, 1.807) is 17.9 Å². The minimum atomic E-state index is -1.05. The molecule has 1 saturated heterocycles. The molecular formula is C15H20N4O5. The van der Waals surface area contributed by atoms with Crippen molar-refractivity contribution in [1.82, 2.24) is 10.2 Å². The van der Waals surface area contributed by atoms with E-state index in [1.807, 2.05) is 0 Å². The van der Waals surface area contributed by atoms with Crippen molar-refractivity contribution in [1.29, 1.82) is 0 Å². The molecule has 130 valence electrons. The minimum Gasteiger partial charge on any atom is -0.480 e. The highest BCUT2D eigenvalue weighted by Crippen LogP contribution is 2.22. The Kier molecular flexibility index (Phi) is 5.83. The number of non-ortho nitro benzene ring substituents is 1. The first-order chi connectivity index (χ1) is 11.4. The summed E-state index contributed by atoms with van der Waals surface area (Å²) >= 11 is 0. The third kappa shape index (κ3) is 4.49. The van der Waals surface area contributed by atoms with Crippen molar-refractivity contribution in [3.8, 4) is 0 Å².